The van der Waals surface area contributed by atoms with E-state index in [-0.39, 0.29) is 11.5 Å². The maximum Gasteiger partial charge on any atom is 0.490 e. The summed E-state index contributed by atoms with van der Waals surface area (Å²) < 4.78 is 80.5. The fourth-order valence-electron chi connectivity index (χ4n) is 3.79. The fourth-order valence-corrected chi connectivity index (χ4v) is 3.79. The monoisotopic (exact) mass is 584 g/mol. The minimum absolute atomic E-state index is 0.141. The summed E-state index contributed by atoms with van der Waals surface area (Å²) in [5.41, 5.74) is 0.256. The number of hydrogen-bond donors (Lipinski definition) is 2. The normalized spacial score (nSPS) is 18.1. The van der Waals surface area contributed by atoms with Crippen LogP contribution in [0.1, 0.15) is 19.3 Å². The summed E-state index contributed by atoms with van der Waals surface area (Å²) >= 11 is 0. The quantitative estimate of drug-likeness (QED) is 0.498. The second-order valence-corrected chi connectivity index (χ2v) is 8.63. The first-order valence-corrected chi connectivity index (χ1v) is 11.5. The van der Waals surface area contributed by atoms with Crippen LogP contribution in [0.15, 0.2) is 36.8 Å². The summed E-state index contributed by atoms with van der Waals surface area (Å²) in [5.74, 6) is -3.32. The average Bonchev–Trinajstić information content (AvgIpc) is 3.30. The topological polar surface area (TPSA) is 144 Å². The van der Waals surface area contributed by atoms with Gasteiger partial charge in [0.15, 0.2) is 0 Å². The van der Waals surface area contributed by atoms with Crippen molar-refractivity contribution >= 4 is 17.8 Å². The molecule has 1 unspecified atom stereocenters. The Morgan fingerprint density at radius 3 is 2.12 bits per heavy atom. The molecule has 2 aromatic heterocycles. The van der Waals surface area contributed by atoms with Crippen LogP contribution in [0, 0.1) is 5.41 Å². The number of hydrogen-bond acceptors (Lipinski definition) is 9. The van der Waals surface area contributed by atoms with Gasteiger partial charge < -0.3 is 29.3 Å². The molecule has 2 aliphatic rings. The fraction of sp³-hybridized carbons (Fsp3) is 0.522. The molecule has 1 atom stereocenters. The van der Waals surface area contributed by atoms with Gasteiger partial charge in [-0.15, -0.1) is 0 Å². The Kier molecular flexibility index (Phi) is 11.3. The van der Waals surface area contributed by atoms with Gasteiger partial charge in [0.1, 0.15) is 18.8 Å². The number of piperidine rings is 1. The van der Waals surface area contributed by atoms with Crippen molar-refractivity contribution in [3.63, 3.8) is 0 Å². The molecule has 0 aromatic carbocycles. The van der Waals surface area contributed by atoms with Crippen LogP contribution in [-0.4, -0.2) is 89.0 Å². The summed E-state index contributed by atoms with van der Waals surface area (Å²) in [4.78, 5) is 32.7. The van der Waals surface area contributed by atoms with Crippen LogP contribution >= 0.6 is 0 Å². The van der Waals surface area contributed by atoms with Crippen LogP contribution < -0.4 is 14.4 Å². The van der Waals surface area contributed by atoms with Crippen molar-refractivity contribution < 1.29 is 60.4 Å². The lowest BCUT2D eigenvalue weighted by Crippen LogP contribution is -2.41. The molecular formula is C23H26F6N4O7. The lowest BCUT2D eigenvalue weighted by Gasteiger charge is -2.39. The molecule has 40 heavy (non-hydrogen) atoms. The molecule has 4 rings (SSSR count). The van der Waals surface area contributed by atoms with Crippen molar-refractivity contribution in [1.82, 2.24) is 15.0 Å². The van der Waals surface area contributed by atoms with Gasteiger partial charge in [0.05, 0.1) is 19.8 Å². The molecule has 0 saturated carbocycles. The smallest absolute Gasteiger partial charge is 0.481 e. The highest BCUT2D eigenvalue weighted by Crippen LogP contribution is 2.42. The van der Waals surface area contributed by atoms with Crippen LogP contribution in [0.25, 0.3) is 0 Å². The SMILES string of the molecule is COc1cc(N2CCC3(CC2)COC(COc2ccccn2)C3)ncn1.O=C(O)C(F)(F)F.O=C(O)C(F)(F)F. The third kappa shape index (κ3) is 10.3. The third-order valence-corrected chi connectivity index (χ3v) is 5.81. The number of aromatic nitrogens is 3. The number of alkyl halides is 6. The lowest BCUT2D eigenvalue weighted by atomic mass is 9.76. The van der Waals surface area contributed by atoms with Crippen molar-refractivity contribution in [2.45, 2.75) is 37.7 Å². The summed E-state index contributed by atoms with van der Waals surface area (Å²) in [6, 6.07) is 7.58. The minimum Gasteiger partial charge on any atom is -0.481 e. The van der Waals surface area contributed by atoms with Gasteiger partial charge in [0, 0.05) is 31.4 Å². The maximum absolute atomic E-state index is 10.6. The predicted molar refractivity (Wildman–Crippen MR) is 124 cm³/mol. The maximum atomic E-state index is 10.6. The number of anilines is 1. The van der Waals surface area contributed by atoms with E-state index in [1.165, 1.54) is 0 Å². The second kappa shape index (κ2) is 14.0. The number of methoxy groups -OCH3 is 1. The number of rotatable bonds is 5. The van der Waals surface area contributed by atoms with E-state index >= 15 is 0 Å². The molecule has 0 radical (unpaired) electrons. The number of pyridine rings is 1. The van der Waals surface area contributed by atoms with Gasteiger partial charge >= 0.3 is 24.3 Å². The van der Waals surface area contributed by atoms with E-state index in [1.807, 2.05) is 24.3 Å². The number of carboxylic acid groups (broad SMARTS) is 2. The van der Waals surface area contributed by atoms with E-state index in [0.717, 1.165) is 44.8 Å². The van der Waals surface area contributed by atoms with Crippen molar-refractivity contribution in [3.8, 4) is 11.8 Å². The molecule has 2 aromatic rings. The highest BCUT2D eigenvalue weighted by Gasteiger charge is 2.43. The molecule has 0 bridgehead atoms. The molecule has 0 amide bonds. The third-order valence-electron chi connectivity index (χ3n) is 5.81. The molecule has 2 aliphatic heterocycles. The average molecular weight is 584 g/mol. The number of aliphatic carboxylic acids is 2. The summed E-state index contributed by atoms with van der Waals surface area (Å²) in [7, 11) is 1.63. The summed E-state index contributed by atoms with van der Waals surface area (Å²) in [6.45, 7) is 3.31. The van der Waals surface area contributed by atoms with Crippen LogP contribution in [-0.2, 0) is 14.3 Å². The Hall–Kier alpha value is -3.89. The Labute approximate surface area is 223 Å². The van der Waals surface area contributed by atoms with Crippen molar-refractivity contribution in [2.75, 3.05) is 38.3 Å². The molecule has 4 heterocycles. The highest BCUT2D eigenvalue weighted by molar-refractivity contribution is 5.73. The number of ether oxygens (including phenoxy) is 3. The number of carbonyl (C=O) groups is 2. The zero-order valence-electron chi connectivity index (χ0n) is 21.0. The second-order valence-electron chi connectivity index (χ2n) is 8.63. The van der Waals surface area contributed by atoms with Gasteiger partial charge in [0.2, 0.25) is 11.8 Å². The Morgan fingerprint density at radius 1 is 1.02 bits per heavy atom. The predicted octanol–water partition coefficient (Wildman–Crippen LogP) is 3.60. The number of nitrogens with zero attached hydrogens (tertiary/aromatic N) is 4. The lowest BCUT2D eigenvalue weighted by molar-refractivity contribution is -0.193. The number of halogens is 6. The standard InChI is InChI=1S/C19H24N4O3.2C2HF3O2/c1-24-18-10-16(21-14-22-18)23-8-5-19(6-9-23)11-15(26-13-19)12-25-17-4-2-3-7-20-17;2*3-2(4,5)1(6)7/h2-4,7,10,14-15H,5-6,8-9,11-13H2,1H3;2*(H,6,7). The van der Waals surface area contributed by atoms with E-state index in [2.05, 4.69) is 19.9 Å². The van der Waals surface area contributed by atoms with Crippen LogP contribution in [0.5, 0.6) is 11.8 Å². The zero-order chi connectivity index (χ0) is 30.0. The molecule has 11 nitrogen and oxygen atoms in total. The molecule has 222 valence electrons. The minimum atomic E-state index is -5.08. The molecule has 2 fully saturated rings. The largest absolute Gasteiger partial charge is 0.490 e. The van der Waals surface area contributed by atoms with Gasteiger partial charge in [-0.05, 0) is 30.7 Å². The first-order valence-electron chi connectivity index (χ1n) is 11.5. The van der Waals surface area contributed by atoms with Gasteiger partial charge in [-0.3, -0.25) is 0 Å². The molecule has 0 aliphatic carbocycles. The first kappa shape index (κ1) is 32.3. The molecule has 17 heteroatoms. The summed E-state index contributed by atoms with van der Waals surface area (Å²) in [5, 5.41) is 14.2. The Balaban J connectivity index is 0.000000333. The highest BCUT2D eigenvalue weighted by atomic mass is 19.4. The van der Waals surface area contributed by atoms with Crippen molar-refractivity contribution in [1.29, 1.82) is 0 Å². The van der Waals surface area contributed by atoms with Crippen LogP contribution in [0.3, 0.4) is 0 Å². The molecule has 1 spiro atoms. The van der Waals surface area contributed by atoms with E-state index < -0.39 is 24.3 Å². The zero-order valence-corrected chi connectivity index (χ0v) is 21.0. The first-order chi connectivity index (χ1) is 18.6. The van der Waals surface area contributed by atoms with Gasteiger partial charge in [0.25, 0.3) is 0 Å². The number of carboxylic acids is 2. The van der Waals surface area contributed by atoms with Crippen LogP contribution in [0.4, 0.5) is 32.2 Å². The van der Waals surface area contributed by atoms with Crippen molar-refractivity contribution in [2.24, 2.45) is 5.41 Å². The Morgan fingerprint density at radius 2 is 1.62 bits per heavy atom. The van der Waals surface area contributed by atoms with E-state index in [9.17, 15) is 26.3 Å². The van der Waals surface area contributed by atoms with E-state index in [1.54, 1.807) is 19.6 Å². The summed E-state index contributed by atoms with van der Waals surface area (Å²) in [6.07, 6.45) is -3.49. The van der Waals surface area contributed by atoms with E-state index in [0.29, 0.717) is 18.4 Å². The van der Waals surface area contributed by atoms with Crippen LogP contribution in [0.2, 0.25) is 0 Å². The van der Waals surface area contributed by atoms with Gasteiger partial charge in [-0.25, -0.2) is 24.5 Å². The molecular weight excluding hydrogens is 558 g/mol. The van der Waals surface area contributed by atoms with Gasteiger partial charge in [-0.2, -0.15) is 26.3 Å². The van der Waals surface area contributed by atoms with E-state index in [4.69, 9.17) is 34.0 Å². The van der Waals surface area contributed by atoms with Gasteiger partial charge in [-0.1, -0.05) is 6.07 Å². The van der Waals surface area contributed by atoms with Crippen molar-refractivity contribution in [3.05, 3.63) is 36.8 Å². The molecule has 2 saturated heterocycles. The Bertz CT molecular complexity index is 1070. The molecule has 2 N–H and O–H groups in total.